The molecule has 1 aromatic rings. The molecule has 0 spiro atoms. The fraction of sp³-hybridized carbons (Fsp3) is 0.455. The number of halogens is 1. The molecule has 2 aliphatic rings. The molecule has 3 N–H and O–H groups in total. The Hall–Kier alpha value is -1.49. The summed E-state index contributed by atoms with van der Waals surface area (Å²) in [6.45, 7) is 0.0583. The highest BCUT2D eigenvalue weighted by Gasteiger charge is 2.41. The highest BCUT2D eigenvalue weighted by atomic mass is 19.1. The van der Waals surface area contributed by atoms with Crippen LogP contribution in [0.5, 0.6) is 17.2 Å². The van der Waals surface area contributed by atoms with Crippen LogP contribution in [0.15, 0.2) is 6.07 Å². The van der Waals surface area contributed by atoms with Crippen molar-refractivity contribution in [2.24, 2.45) is 5.73 Å². The predicted octanol–water partition coefficient (Wildman–Crippen LogP) is 1.29. The molecule has 0 atom stereocenters. The molecule has 86 valence electrons. The molecule has 4 nitrogen and oxygen atoms in total. The van der Waals surface area contributed by atoms with E-state index < -0.39 is 11.6 Å². The van der Waals surface area contributed by atoms with Gasteiger partial charge in [0, 0.05) is 17.2 Å². The maximum atomic E-state index is 13.8. The number of phenolic OH excluding ortho intramolecular Hbond substituents is 1. The first-order valence-electron chi connectivity index (χ1n) is 5.18. The number of fused-ring (bicyclic) bond motifs is 1. The van der Waals surface area contributed by atoms with Crippen molar-refractivity contribution in [3.63, 3.8) is 0 Å². The average Bonchev–Trinajstić information content (AvgIpc) is 2.77. The topological polar surface area (TPSA) is 64.7 Å². The standard InChI is InChI=1S/C11H12FNO3/c12-9-6(4-11(13)1-2-11)10-8(3-7(9)14)15-5-16-10/h3,14H,1-2,4-5,13H2. The normalized spacial score (nSPS) is 19.9. The van der Waals surface area contributed by atoms with E-state index in [1.54, 1.807) is 0 Å². The second-order valence-corrected chi connectivity index (χ2v) is 4.46. The smallest absolute Gasteiger partial charge is 0.231 e. The van der Waals surface area contributed by atoms with Gasteiger partial charge in [-0.15, -0.1) is 0 Å². The number of aromatic hydroxyl groups is 1. The Morgan fingerprint density at radius 3 is 2.88 bits per heavy atom. The summed E-state index contributed by atoms with van der Waals surface area (Å²) in [5.41, 5.74) is 5.93. The van der Waals surface area contributed by atoms with Crippen molar-refractivity contribution in [3.05, 3.63) is 17.4 Å². The number of hydrogen-bond donors (Lipinski definition) is 2. The Balaban J connectivity index is 2.07. The van der Waals surface area contributed by atoms with Crippen LogP contribution < -0.4 is 15.2 Å². The molecule has 0 bridgehead atoms. The van der Waals surface area contributed by atoms with Crippen LogP contribution in [-0.2, 0) is 6.42 Å². The molecule has 0 amide bonds. The van der Waals surface area contributed by atoms with Crippen molar-refractivity contribution >= 4 is 0 Å². The zero-order valence-electron chi connectivity index (χ0n) is 8.62. The first kappa shape index (κ1) is 9.72. The van der Waals surface area contributed by atoms with Crippen molar-refractivity contribution in [1.82, 2.24) is 0 Å². The maximum Gasteiger partial charge on any atom is 0.231 e. The molecule has 1 aliphatic heterocycles. The van der Waals surface area contributed by atoms with Gasteiger partial charge in [-0.05, 0) is 19.3 Å². The van der Waals surface area contributed by atoms with Crippen LogP contribution in [0.4, 0.5) is 4.39 Å². The van der Waals surface area contributed by atoms with Crippen LogP contribution in [0.2, 0.25) is 0 Å². The molecule has 0 unspecified atom stereocenters. The molecule has 1 fully saturated rings. The van der Waals surface area contributed by atoms with Crippen LogP contribution in [-0.4, -0.2) is 17.4 Å². The van der Waals surface area contributed by atoms with Gasteiger partial charge in [0.15, 0.2) is 23.1 Å². The lowest BCUT2D eigenvalue weighted by Crippen LogP contribution is -2.25. The van der Waals surface area contributed by atoms with Crippen LogP contribution >= 0.6 is 0 Å². The summed E-state index contributed by atoms with van der Waals surface area (Å²) < 4.78 is 24.1. The van der Waals surface area contributed by atoms with Gasteiger partial charge in [-0.2, -0.15) is 0 Å². The van der Waals surface area contributed by atoms with Gasteiger partial charge in [0.05, 0.1) is 0 Å². The number of nitrogens with two attached hydrogens (primary N) is 1. The minimum Gasteiger partial charge on any atom is -0.505 e. The Bertz CT molecular complexity index is 457. The largest absolute Gasteiger partial charge is 0.505 e. The summed E-state index contributed by atoms with van der Waals surface area (Å²) in [6.07, 6.45) is 2.12. The van der Waals surface area contributed by atoms with Gasteiger partial charge in [-0.1, -0.05) is 0 Å². The Kier molecular flexibility index (Phi) is 1.83. The van der Waals surface area contributed by atoms with Crippen molar-refractivity contribution in [1.29, 1.82) is 0 Å². The molecule has 1 saturated carbocycles. The Morgan fingerprint density at radius 1 is 1.44 bits per heavy atom. The minimum absolute atomic E-state index is 0.0583. The fourth-order valence-corrected chi connectivity index (χ4v) is 1.92. The summed E-state index contributed by atoms with van der Waals surface area (Å²) >= 11 is 0. The first-order valence-corrected chi connectivity index (χ1v) is 5.18. The molecule has 3 rings (SSSR count). The lowest BCUT2D eigenvalue weighted by Gasteiger charge is -2.12. The van der Waals surface area contributed by atoms with Crippen molar-refractivity contribution < 1.29 is 19.0 Å². The molecule has 1 aromatic carbocycles. The third kappa shape index (κ3) is 1.39. The van der Waals surface area contributed by atoms with E-state index in [0.717, 1.165) is 12.8 Å². The Morgan fingerprint density at radius 2 is 2.19 bits per heavy atom. The summed E-state index contributed by atoms with van der Waals surface area (Å²) in [7, 11) is 0. The maximum absolute atomic E-state index is 13.8. The van der Waals surface area contributed by atoms with E-state index in [1.165, 1.54) is 6.07 Å². The van der Waals surface area contributed by atoms with Crippen LogP contribution in [0.25, 0.3) is 0 Å². The second kappa shape index (κ2) is 3.01. The second-order valence-electron chi connectivity index (χ2n) is 4.46. The molecular weight excluding hydrogens is 213 g/mol. The van der Waals surface area contributed by atoms with E-state index in [1.807, 2.05) is 0 Å². The van der Waals surface area contributed by atoms with E-state index in [0.29, 0.717) is 23.5 Å². The third-order valence-electron chi connectivity index (χ3n) is 3.09. The van der Waals surface area contributed by atoms with E-state index in [9.17, 15) is 9.50 Å². The van der Waals surface area contributed by atoms with E-state index >= 15 is 0 Å². The monoisotopic (exact) mass is 225 g/mol. The highest BCUT2D eigenvalue weighted by Crippen LogP contribution is 2.45. The third-order valence-corrected chi connectivity index (χ3v) is 3.09. The first-order chi connectivity index (χ1) is 7.59. The summed E-state index contributed by atoms with van der Waals surface area (Å²) in [5.74, 6) is -0.297. The van der Waals surface area contributed by atoms with Gasteiger partial charge in [-0.3, -0.25) is 0 Å². The average molecular weight is 225 g/mol. The number of phenols is 1. The van der Waals surface area contributed by atoms with Crippen molar-refractivity contribution in [2.75, 3.05) is 6.79 Å². The van der Waals surface area contributed by atoms with Gasteiger partial charge in [0.1, 0.15) is 0 Å². The van der Waals surface area contributed by atoms with E-state index in [2.05, 4.69) is 0 Å². The van der Waals surface area contributed by atoms with Crippen molar-refractivity contribution in [3.8, 4) is 17.2 Å². The van der Waals surface area contributed by atoms with E-state index in [4.69, 9.17) is 15.2 Å². The quantitative estimate of drug-likeness (QED) is 0.796. The minimum atomic E-state index is -0.652. The molecule has 0 saturated heterocycles. The SMILES string of the molecule is NC1(Cc2c(F)c(O)cc3c2OCO3)CC1. The summed E-state index contributed by atoms with van der Waals surface area (Å²) in [4.78, 5) is 0. The predicted molar refractivity (Wildman–Crippen MR) is 54.0 cm³/mol. The zero-order valence-corrected chi connectivity index (χ0v) is 8.62. The van der Waals surface area contributed by atoms with Gasteiger partial charge >= 0.3 is 0 Å². The fourth-order valence-electron chi connectivity index (χ4n) is 1.92. The molecule has 16 heavy (non-hydrogen) atoms. The van der Waals surface area contributed by atoms with Gasteiger partial charge in [0.25, 0.3) is 0 Å². The highest BCUT2D eigenvalue weighted by molar-refractivity contribution is 5.54. The van der Waals surface area contributed by atoms with Gasteiger partial charge in [-0.25, -0.2) is 4.39 Å². The van der Waals surface area contributed by atoms with Crippen molar-refractivity contribution in [2.45, 2.75) is 24.8 Å². The Labute approximate surface area is 91.8 Å². The number of rotatable bonds is 2. The molecular formula is C11H12FNO3. The lowest BCUT2D eigenvalue weighted by atomic mass is 10.0. The molecule has 1 heterocycles. The number of hydrogen-bond acceptors (Lipinski definition) is 4. The van der Waals surface area contributed by atoms with Gasteiger partial charge in [0.2, 0.25) is 6.79 Å². The molecule has 0 radical (unpaired) electrons. The molecule has 0 aromatic heterocycles. The molecule has 1 aliphatic carbocycles. The van der Waals surface area contributed by atoms with Crippen LogP contribution in [0.1, 0.15) is 18.4 Å². The van der Waals surface area contributed by atoms with Gasteiger partial charge < -0.3 is 20.3 Å². The number of ether oxygens (including phenoxy) is 2. The lowest BCUT2D eigenvalue weighted by molar-refractivity contribution is 0.173. The number of benzene rings is 1. The summed E-state index contributed by atoms with van der Waals surface area (Å²) in [5, 5.41) is 9.43. The van der Waals surface area contributed by atoms with Crippen LogP contribution in [0, 0.1) is 5.82 Å². The van der Waals surface area contributed by atoms with Crippen LogP contribution in [0.3, 0.4) is 0 Å². The zero-order chi connectivity index (χ0) is 11.3. The summed E-state index contributed by atoms with van der Waals surface area (Å²) in [6, 6.07) is 1.23. The molecule has 5 heteroatoms. The van der Waals surface area contributed by atoms with E-state index in [-0.39, 0.29) is 12.3 Å².